The van der Waals surface area contributed by atoms with Crippen molar-refractivity contribution in [3.05, 3.63) is 0 Å². The van der Waals surface area contributed by atoms with Crippen LogP contribution in [-0.4, -0.2) is 24.6 Å². The van der Waals surface area contributed by atoms with Crippen LogP contribution in [0.5, 0.6) is 0 Å². The molecule has 1 atom stereocenters. The molecule has 0 aromatic carbocycles. The lowest BCUT2D eigenvalue weighted by molar-refractivity contribution is -0.233. The standard InChI is InChI=1S/C9H19BO3/c1-7(2)11-9(5)8(3,4)12-10(6)13-9/h7H,1-6H3. The number of hydrogen-bond acceptors (Lipinski definition) is 3. The first-order valence-corrected chi connectivity index (χ1v) is 4.80. The van der Waals surface area contributed by atoms with Crippen LogP contribution in [0.3, 0.4) is 0 Å². The number of hydrogen-bond donors (Lipinski definition) is 0. The summed E-state index contributed by atoms with van der Waals surface area (Å²) in [5.41, 5.74) is -0.392. The van der Waals surface area contributed by atoms with Crippen LogP contribution in [0.2, 0.25) is 6.82 Å². The summed E-state index contributed by atoms with van der Waals surface area (Å²) in [7, 11) is -0.196. The van der Waals surface area contributed by atoms with Gasteiger partial charge in [0.15, 0.2) is 5.79 Å². The third-order valence-electron chi connectivity index (χ3n) is 2.41. The molecule has 0 aromatic heterocycles. The molecule has 76 valence electrons. The normalized spacial score (nSPS) is 33.0. The van der Waals surface area contributed by atoms with E-state index >= 15 is 0 Å². The molecule has 1 rings (SSSR count). The van der Waals surface area contributed by atoms with Crippen molar-refractivity contribution in [3.8, 4) is 0 Å². The van der Waals surface area contributed by atoms with Gasteiger partial charge < -0.3 is 14.0 Å². The monoisotopic (exact) mass is 186 g/mol. The van der Waals surface area contributed by atoms with Crippen LogP contribution in [0.15, 0.2) is 0 Å². The van der Waals surface area contributed by atoms with Gasteiger partial charge in [-0.1, -0.05) is 0 Å². The summed E-state index contributed by atoms with van der Waals surface area (Å²) in [6, 6.07) is 0. The molecule has 1 unspecified atom stereocenters. The highest BCUT2D eigenvalue weighted by Gasteiger charge is 2.53. The number of rotatable bonds is 2. The zero-order valence-corrected chi connectivity index (χ0v) is 9.38. The molecule has 1 heterocycles. The lowest BCUT2D eigenvalue weighted by Crippen LogP contribution is -2.48. The predicted molar refractivity (Wildman–Crippen MR) is 52.5 cm³/mol. The quantitative estimate of drug-likeness (QED) is 0.618. The van der Waals surface area contributed by atoms with E-state index in [2.05, 4.69) is 0 Å². The van der Waals surface area contributed by atoms with E-state index < -0.39 is 11.4 Å². The van der Waals surface area contributed by atoms with Crippen LogP contribution in [0.4, 0.5) is 0 Å². The van der Waals surface area contributed by atoms with E-state index in [0.29, 0.717) is 0 Å². The van der Waals surface area contributed by atoms with Gasteiger partial charge in [0.05, 0.1) is 6.10 Å². The fourth-order valence-electron chi connectivity index (χ4n) is 1.62. The van der Waals surface area contributed by atoms with Crippen molar-refractivity contribution in [1.29, 1.82) is 0 Å². The maximum Gasteiger partial charge on any atom is 0.456 e. The molecule has 13 heavy (non-hydrogen) atoms. The first-order valence-electron chi connectivity index (χ1n) is 4.80. The van der Waals surface area contributed by atoms with Gasteiger partial charge in [-0.2, -0.15) is 0 Å². The molecule has 0 aromatic rings. The summed E-state index contributed by atoms with van der Waals surface area (Å²) in [5.74, 6) is -0.638. The second kappa shape index (κ2) is 3.26. The van der Waals surface area contributed by atoms with E-state index in [0.717, 1.165) is 0 Å². The van der Waals surface area contributed by atoms with Crippen LogP contribution in [0.1, 0.15) is 34.6 Å². The van der Waals surface area contributed by atoms with Gasteiger partial charge in [0.1, 0.15) is 5.60 Å². The summed E-state index contributed by atoms with van der Waals surface area (Å²) in [4.78, 5) is 0. The Morgan fingerprint density at radius 2 is 1.69 bits per heavy atom. The smallest absolute Gasteiger partial charge is 0.401 e. The minimum absolute atomic E-state index is 0.137. The van der Waals surface area contributed by atoms with Crippen molar-refractivity contribution in [3.63, 3.8) is 0 Å². The Morgan fingerprint density at radius 3 is 2.00 bits per heavy atom. The first-order chi connectivity index (χ1) is 5.77. The molecule has 0 spiro atoms. The van der Waals surface area contributed by atoms with Crippen molar-refractivity contribution in [2.45, 2.75) is 58.9 Å². The zero-order chi connectivity index (χ0) is 10.3. The Labute approximate surface area is 80.9 Å². The molecule has 4 heteroatoms. The van der Waals surface area contributed by atoms with E-state index in [1.807, 2.05) is 41.4 Å². The van der Waals surface area contributed by atoms with Crippen LogP contribution in [0, 0.1) is 0 Å². The molecule has 1 saturated heterocycles. The van der Waals surface area contributed by atoms with Crippen LogP contribution in [0.25, 0.3) is 0 Å². The Morgan fingerprint density at radius 1 is 1.15 bits per heavy atom. The fraction of sp³-hybridized carbons (Fsp3) is 1.00. The van der Waals surface area contributed by atoms with Crippen molar-refractivity contribution < 1.29 is 14.0 Å². The highest BCUT2D eigenvalue weighted by molar-refractivity contribution is 6.43. The molecule has 0 bridgehead atoms. The van der Waals surface area contributed by atoms with Crippen molar-refractivity contribution in [1.82, 2.24) is 0 Å². The van der Waals surface area contributed by atoms with E-state index in [-0.39, 0.29) is 13.2 Å². The van der Waals surface area contributed by atoms with Gasteiger partial charge in [-0.15, -0.1) is 0 Å². The van der Waals surface area contributed by atoms with Crippen molar-refractivity contribution in [2.75, 3.05) is 0 Å². The van der Waals surface area contributed by atoms with Crippen molar-refractivity contribution >= 4 is 7.12 Å². The average Bonchev–Trinajstić information content (AvgIpc) is 1.97. The van der Waals surface area contributed by atoms with Crippen LogP contribution in [-0.2, 0) is 14.0 Å². The Bertz CT molecular complexity index is 193. The van der Waals surface area contributed by atoms with E-state index in [1.165, 1.54) is 0 Å². The first kappa shape index (κ1) is 11.0. The SMILES string of the molecule is CB1OC(C)(C)C(C)(OC(C)C)O1. The summed E-state index contributed by atoms with van der Waals surface area (Å²) in [6.45, 7) is 11.8. The third-order valence-corrected chi connectivity index (χ3v) is 2.41. The van der Waals surface area contributed by atoms with Gasteiger partial charge in [0.25, 0.3) is 0 Å². The summed E-state index contributed by atoms with van der Waals surface area (Å²) in [5, 5.41) is 0. The van der Waals surface area contributed by atoms with Gasteiger partial charge in [-0.05, 0) is 41.4 Å². The zero-order valence-electron chi connectivity index (χ0n) is 9.38. The van der Waals surface area contributed by atoms with Gasteiger partial charge in [0.2, 0.25) is 0 Å². The second-order valence-corrected chi connectivity index (χ2v) is 4.43. The van der Waals surface area contributed by atoms with E-state index in [1.54, 1.807) is 0 Å². The van der Waals surface area contributed by atoms with Crippen LogP contribution >= 0.6 is 0 Å². The Kier molecular flexibility index (Phi) is 2.77. The minimum Gasteiger partial charge on any atom is -0.401 e. The molecule has 0 aliphatic carbocycles. The predicted octanol–water partition coefficient (Wildman–Crippen LogP) is 2.07. The van der Waals surface area contributed by atoms with Crippen LogP contribution < -0.4 is 0 Å². The summed E-state index contributed by atoms with van der Waals surface area (Å²) >= 11 is 0. The minimum atomic E-state index is -0.638. The second-order valence-electron chi connectivity index (χ2n) is 4.43. The highest BCUT2D eigenvalue weighted by atomic mass is 16.8. The average molecular weight is 186 g/mol. The molecule has 1 aliphatic heterocycles. The van der Waals surface area contributed by atoms with E-state index in [9.17, 15) is 0 Å². The van der Waals surface area contributed by atoms with Crippen molar-refractivity contribution in [2.24, 2.45) is 0 Å². The Balaban J connectivity index is 2.76. The van der Waals surface area contributed by atoms with Gasteiger partial charge in [0, 0.05) is 0 Å². The fourth-order valence-corrected chi connectivity index (χ4v) is 1.62. The molecule has 1 aliphatic rings. The molecule has 0 N–H and O–H groups in total. The van der Waals surface area contributed by atoms with E-state index in [4.69, 9.17) is 14.0 Å². The topological polar surface area (TPSA) is 27.7 Å². The van der Waals surface area contributed by atoms with Gasteiger partial charge in [-0.3, -0.25) is 0 Å². The largest absolute Gasteiger partial charge is 0.456 e. The maximum atomic E-state index is 5.74. The maximum absolute atomic E-state index is 5.74. The molecule has 0 radical (unpaired) electrons. The summed E-state index contributed by atoms with van der Waals surface area (Å²) in [6.07, 6.45) is 0.137. The molecule has 1 fully saturated rings. The highest BCUT2D eigenvalue weighted by Crippen LogP contribution is 2.38. The molecule has 3 nitrogen and oxygen atoms in total. The van der Waals surface area contributed by atoms with Gasteiger partial charge >= 0.3 is 7.12 Å². The summed E-state index contributed by atoms with van der Waals surface area (Å²) < 4.78 is 17.0. The third kappa shape index (κ3) is 2.06. The van der Waals surface area contributed by atoms with Gasteiger partial charge in [-0.25, -0.2) is 0 Å². The molecule has 0 saturated carbocycles. The molecular weight excluding hydrogens is 167 g/mol. The molecular formula is C9H19BO3. The lowest BCUT2D eigenvalue weighted by atomic mass is 9.96. The number of ether oxygens (including phenoxy) is 1. The lowest BCUT2D eigenvalue weighted by Gasteiger charge is -2.37. The molecule has 0 amide bonds. The Hall–Kier alpha value is -0.0551.